The Bertz CT molecular complexity index is 1230. The van der Waals surface area contributed by atoms with Gasteiger partial charge in [-0.15, -0.1) is 0 Å². The quantitative estimate of drug-likeness (QED) is 0.329. The number of nitrogens with two attached hydrogens (primary N) is 1. The average molecular weight is 518 g/mol. The number of unbranched alkanes of at least 4 members (excludes halogenated alkanes) is 1. The molecule has 1 fully saturated rings. The summed E-state index contributed by atoms with van der Waals surface area (Å²) in [4.78, 5) is 27.1. The second kappa shape index (κ2) is 13.0. The van der Waals surface area contributed by atoms with E-state index in [4.69, 9.17) is 5.73 Å². The molecule has 4 rings (SSSR count). The first-order chi connectivity index (χ1) is 18.4. The number of nitrogens with one attached hydrogen (secondary N) is 2. The maximum Gasteiger partial charge on any atom is 0.319 e. The molecule has 2 unspecified atom stereocenters. The molecule has 0 aliphatic carbocycles. The van der Waals surface area contributed by atoms with Crippen molar-refractivity contribution in [1.82, 2.24) is 14.8 Å². The number of likely N-dealkylation sites (tertiary alicyclic amines) is 1. The predicted molar refractivity (Wildman–Crippen MR) is 156 cm³/mol. The lowest BCUT2D eigenvalue weighted by atomic mass is 9.91. The molecule has 1 aliphatic rings. The Morgan fingerprint density at radius 3 is 2.61 bits per heavy atom. The highest BCUT2D eigenvalue weighted by atomic mass is 16.2. The fourth-order valence-electron chi connectivity index (χ4n) is 5.80. The number of carbonyl (C=O) groups is 2. The van der Waals surface area contributed by atoms with Gasteiger partial charge in [-0.25, -0.2) is 4.79 Å². The number of rotatable bonds is 10. The summed E-state index contributed by atoms with van der Waals surface area (Å²) in [5.74, 6) is 0.490. The second-order valence-electron chi connectivity index (χ2n) is 10.6. The maximum absolute atomic E-state index is 13.3. The number of nitrogens with zero attached hydrogens (tertiary/aromatic N) is 2. The first-order valence-corrected chi connectivity index (χ1v) is 14.2. The van der Waals surface area contributed by atoms with Crippen LogP contribution in [0.25, 0.3) is 10.9 Å². The summed E-state index contributed by atoms with van der Waals surface area (Å²) in [6.07, 6.45) is 5.39. The molecule has 204 valence electrons. The van der Waals surface area contributed by atoms with Gasteiger partial charge in [0.2, 0.25) is 5.91 Å². The van der Waals surface area contributed by atoms with Crippen LogP contribution in [0.3, 0.4) is 0 Å². The molecule has 4 N–H and O–H groups in total. The topological polar surface area (TPSA) is 92.4 Å². The van der Waals surface area contributed by atoms with Crippen molar-refractivity contribution >= 4 is 28.5 Å². The average Bonchev–Trinajstić information content (AvgIpc) is 3.20. The van der Waals surface area contributed by atoms with Gasteiger partial charge in [0.15, 0.2) is 0 Å². The number of benzene rings is 2. The molecular formula is C31H43N5O2. The Morgan fingerprint density at radius 1 is 1.11 bits per heavy atom. The lowest BCUT2D eigenvalue weighted by molar-refractivity contribution is -0.132. The molecule has 1 aliphatic heterocycles. The van der Waals surface area contributed by atoms with E-state index in [9.17, 15) is 9.59 Å². The second-order valence-corrected chi connectivity index (χ2v) is 10.6. The van der Waals surface area contributed by atoms with E-state index in [0.29, 0.717) is 25.3 Å². The molecule has 7 nitrogen and oxygen atoms in total. The molecule has 0 saturated carbocycles. The van der Waals surface area contributed by atoms with Crippen molar-refractivity contribution in [3.05, 3.63) is 65.4 Å². The van der Waals surface area contributed by atoms with Crippen LogP contribution in [-0.4, -0.2) is 47.1 Å². The summed E-state index contributed by atoms with van der Waals surface area (Å²) in [7, 11) is 0. The number of anilines is 1. The Balaban J connectivity index is 1.39. The third-order valence-corrected chi connectivity index (χ3v) is 7.65. The molecule has 0 spiro atoms. The van der Waals surface area contributed by atoms with E-state index in [2.05, 4.69) is 53.3 Å². The number of amides is 3. The molecule has 0 radical (unpaired) electrons. The number of aromatic nitrogens is 1. The minimum Gasteiger partial charge on any atom is -0.344 e. The van der Waals surface area contributed by atoms with Crippen LogP contribution in [0.2, 0.25) is 0 Å². The zero-order valence-electron chi connectivity index (χ0n) is 23.1. The van der Waals surface area contributed by atoms with Gasteiger partial charge in [-0.05, 0) is 68.9 Å². The van der Waals surface area contributed by atoms with Crippen molar-refractivity contribution in [2.75, 3.05) is 25.0 Å². The van der Waals surface area contributed by atoms with Crippen LogP contribution in [0.4, 0.5) is 10.5 Å². The Labute approximate surface area is 226 Å². The van der Waals surface area contributed by atoms with Gasteiger partial charge in [0.05, 0.1) is 0 Å². The lowest BCUT2D eigenvalue weighted by Gasteiger charge is -2.34. The van der Waals surface area contributed by atoms with E-state index >= 15 is 0 Å². The van der Waals surface area contributed by atoms with Gasteiger partial charge >= 0.3 is 6.03 Å². The van der Waals surface area contributed by atoms with E-state index in [0.717, 1.165) is 56.6 Å². The third-order valence-electron chi connectivity index (χ3n) is 7.65. The Kier molecular flexibility index (Phi) is 9.45. The van der Waals surface area contributed by atoms with E-state index in [1.165, 1.54) is 22.2 Å². The molecule has 2 atom stereocenters. The van der Waals surface area contributed by atoms with Gasteiger partial charge in [0.1, 0.15) is 0 Å². The van der Waals surface area contributed by atoms with Crippen LogP contribution in [0.5, 0.6) is 0 Å². The number of hydrogen-bond acceptors (Lipinski definition) is 3. The van der Waals surface area contributed by atoms with Gasteiger partial charge < -0.3 is 25.8 Å². The number of carbonyl (C=O) groups excluding carboxylic acids is 2. The molecule has 3 amide bonds. The summed E-state index contributed by atoms with van der Waals surface area (Å²) >= 11 is 0. The third kappa shape index (κ3) is 6.57. The first-order valence-electron chi connectivity index (χ1n) is 14.2. The zero-order chi connectivity index (χ0) is 27.1. The number of piperidine rings is 1. The van der Waals surface area contributed by atoms with Crippen LogP contribution in [0, 0.1) is 6.92 Å². The van der Waals surface area contributed by atoms with Crippen molar-refractivity contribution < 1.29 is 9.59 Å². The van der Waals surface area contributed by atoms with E-state index in [1.807, 2.05) is 36.1 Å². The molecule has 2 aromatic carbocycles. The van der Waals surface area contributed by atoms with Crippen molar-refractivity contribution in [2.45, 2.75) is 77.8 Å². The zero-order valence-corrected chi connectivity index (χ0v) is 23.1. The van der Waals surface area contributed by atoms with Crippen molar-refractivity contribution in [1.29, 1.82) is 0 Å². The van der Waals surface area contributed by atoms with Crippen molar-refractivity contribution in [3.63, 3.8) is 0 Å². The van der Waals surface area contributed by atoms with E-state index in [1.54, 1.807) is 0 Å². The van der Waals surface area contributed by atoms with Gasteiger partial charge in [-0.2, -0.15) is 0 Å². The minimum atomic E-state index is -0.247. The minimum absolute atomic E-state index is 0.144. The van der Waals surface area contributed by atoms with Gasteiger partial charge in [-0.1, -0.05) is 43.7 Å². The highest BCUT2D eigenvalue weighted by molar-refractivity contribution is 5.89. The fourth-order valence-corrected chi connectivity index (χ4v) is 5.80. The number of fused-ring (bicyclic) bond motifs is 1. The normalized spacial score (nSPS) is 16.4. The summed E-state index contributed by atoms with van der Waals surface area (Å²) < 4.78 is 2.52. The molecule has 1 saturated heterocycles. The number of urea groups is 1. The Hall–Kier alpha value is -3.32. The SMILES string of the molecule is CCCCn1c(C2CCCN(C(=O)CC(N)Cc3ccc(NC(=O)NCC)cc3)C2)c(C)c2ccccc21. The molecule has 2 heterocycles. The lowest BCUT2D eigenvalue weighted by Crippen LogP contribution is -2.42. The van der Waals surface area contributed by atoms with E-state index in [-0.39, 0.29) is 18.0 Å². The maximum atomic E-state index is 13.3. The number of para-hydroxylation sites is 1. The highest BCUT2D eigenvalue weighted by Gasteiger charge is 2.29. The molecular weight excluding hydrogens is 474 g/mol. The largest absolute Gasteiger partial charge is 0.344 e. The van der Waals surface area contributed by atoms with Crippen LogP contribution in [-0.2, 0) is 17.8 Å². The van der Waals surface area contributed by atoms with Gasteiger partial charge in [0, 0.05) is 66.8 Å². The van der Waals surface area contributed by atoms with Crippen LogP contribution in [0.15, 0.2) is 48.5 Å². The van der Waals surface area contributed by atoms with Gasteiger partial charge in [0.25, 0.3) is 0 Å². The van der Waals surface area contributed by atoms with Crippen molar-refractivity contribution in [3.8, 4) is 0 Å². The molecule has 7 heteroatoms. The standard InChI is InChI=1S/C31H43N5O2/c1-4-6-18-36-28-12-8-7-11-27(28)22(3)30(36)24-10-9-17-35(21-24)29(37)20-25(32)19-23-13-15-26(16-14-23)34-31(38)33-5-2/h7-8,11-16,24-25H,4-6,9-10,17-21,32H2,1-3H3,(H2,33,34,38). The molecule has 0 bridgehead atoms. The molecule has 38 heavy (non-hydrogen) atoms. The van der Waals surface area contributed by atoms with Gasteiger partial charge in [-0.3, -0.25) is 4.79 Å². The summed E-state index contributed by atoms with van der Waals surface area (Å²) in [6.45, 7) is 9.52. The van der Waals surface area contributed by atoms with Crippen molar-refractivity contribution in [2.24, 2.45) is 5.73 Å². The molecule has 1 aromatic heterocycles. The number of hydrogen-bond donors (Lipinski definition) is 3. The van der Waals surface area contributed by atoms with Crippen LogP contribution < -0.4 is 16.4 Å². The summed E-state index contributed by atoms with van der Waals surface area (Å²) in [5, 5.41) is 6.84. The monoisotopic (exact) mass is 517 g/mol. The highest BCUT2D eigenvalue weighted by Crippen LogP contribution is 2.36. The predicted octanol–water partition coefficient (Wildman–Crippen LogP) is 5.56. The molecule has 3 aromatic rings. The van der Waals surface area contributed by atoms with E-state index < -0.39 is 0 Å². The summed E-state index contributed by atoms with van der Waals surface area (Å²) in [6, 6.07) is 15.9. The van der Waals surface area contributed by atoms with Crippen LogP contribution in [0.1, 0.15) is 68.7 Å². The first kappa shape index (κ1) is 27.7. The van der Waals surface area contributed by atoms with Crippen LogP contribution >= 0.6 is 0 Å². The smallest absolute Gasteiger partial charge is 0.319 e. The summed E-state index contributed by atoms with van der Waals surface area (Å²) in [5.41, 5.74) is 12.3. The number of aryl methyl sites for hydroxylation is 2. The Morgan fingerprint density at radius 2 is 1.87 bits per heavy atom. The fraction of sp³-hybridized carbons (Fsp3) is 0.484.